The van der Waals surface area contributed by atoms with E-state index in [9.17, 15) is 4.79 Å². The quantitative estimate of drug-likeness (QED) is 0.896. The summed E-state index contributed by atoms with van der Waals surface area (Å²) in [5.74, 6) is 2.65. The minimum atomic E-state index is 0.263. The van der Waals surface area contributed by atoms with Crippen LogP contribution in [0.15, 0.2) is 12.3 Å². The summed E-state index contributed by atoms with van der Waals surface area (Å²) in [6.07, 6.45) is 9.56. The molecule has 1 saturated heterocycles. The van der Waals surface area contributed by atoms with Crippen LogP contribution >= 0.6 is 0 Å². The fourth-order valence-corrected chi connectivity index (χ4v) is 4.40. The van der Waals surface area contributed by atoms with Gasteiger partial charge in [0.15, 0.2) is 5.82 Å². The minimum Gasteiger partial charge on any atom is -0.342 e. The van der Waals surface area contributed by atoms with Crippen LogP contribution in [0, 0.1) is 19.8 Å². The normalized spacial score (nSPS) is 19.4. The summed E-state index contributed by atoms with van der Waals surface area (Å²) in [7, 11) is 0. The molecule has 2 aliphatic rings. The summed E-state index contributed by atoms with van der Waals surface area (Å²) in [4.78, 5) is 32.0. The molecule has 0 radical (unpaired) electrons. The molecular weight excluding hydrogens is 338 g/mol. The molecule has 6 nitrogen and oxygen atoms in total. The Morgan fingerprint density at radius 1 is 1.07 bits per heavy atom. The van der Waals surface area contributed by atoms with E-state index in [1.165, 1.54) is 19.3 Å². The second-order valence-corrected chi connectivity index (χ2v) is 8.10. The van der Waals surface area contributed by atoms with Gasteiger partial charge < -0.3 is 9.88 Å². The predicted molar refractivity (Wildman–Crippen MR) is 104 cm³/mol. The highest BCUT2D eigenvalue weighted by atomic mass is 16.2. The molecule has 144 valence electrons. The van der Waals surface area contributed by atoms with Gasteiger partial charge >= 0.3 is 0 Å². The first-order valence-corrected chi connectivity index (χ1v) is 10.3. The lowest BCUT2D eigenvalue weighted by Crippen LogP contribution is -2.42. The molecule has 0 spiro atoms. The number of hydrogen-bond acceptors (Lipinski definition) is 4. The molecule has 2 aromatic heterocycles. The van der Waals surface area contributed by atoms with Gasteiger partial charge in [-0.15, -0.1) is 0 Å². The number of carbonyl (C=O) groups excluding carboxylic acids is 1. The van der Waals surface area contributed by atoms with Crippen molar-refractivity contribution in [2.75, 3.05) is 13.1 Å². The van der Waals surface area contributed by atoms with Crippen molar-refractivity contribution in [2.24, 2.45) is 5.92 Å². The second-order valence-electron chi connectivity index (χ2n) is 8.10. The third-order valence-corrected chi connectivity index (χ3v) is 5.94. The number of amides is 1. The fourth-order valence-electron chi connectivity index (χ4n) is 4.40. The zero-order valence-electron chi connectivity index (χ0n) is 16.4. The molecule has 1 aliphatic carbocycles. The maximum Gasteiger partial charge on any atom is 0.225 e. The van der Waals surface area contributed by atoms with Crippen molar-refractivity contribution >= 4 is 5.91 Å². The van der Waals surface area contributed by atoms with Crippen molar-refractivity contribution in [3.8, 4) is 11.5 Å². The number of rotatable bonds is 3. The van der Waals surface area contributed by atoms with E-state index in [1.54, 1.807) is 0 Å². The van der Waals surface area contributed by atoms with Crippen molar-refractivity contribution in [3.05, 3.63) is 29.5 Å². The molecule has 0 atom stereocenters. The number of imidazole rings is 1. The molecular formula is C21H29N5O. The molecule has 3 heterocycles. The Bertz CT molecular complexity index is 801. The van der Waals surface area contributed by atoms with E-state index in [1.807, 2.05) is 26.1 Å². The monoisotopic (exact) mass is 367 g/mol. The minimum absolute atomic E-state index is 0.263. The van der Waals surface area contributed by atoms with Gasteiger partial charge in [0.25, 0.3) is 0 Å². The van der Waals surface area contributed by atoms with Gasteiger partial charge in [0.2, 0.25) is 5.91 Å². The third kappa shape index (κ3) is 4.04. The Morgan fingerprint density at radius 3 is 2.48 bits per heavy atom. The zero-order chi connectivity index (χ0) is 18.8. The Balaban J connectivity index is 1.43. The van der Waals surface area contributed by atoms with Crippen LogP contribution in [0.3, 0.4) is 0 Å². The molecule has 0 unspecified atom stereocenters. The van der Waals surface area contributed by atoms with E-state index < -0.39 is 0 Å². The number of aryl methyl sites for hydroxylation is 2. The number of piperidine rings is 1. The van der Waals surface area contributed by atoms with Crippen molar-refractivity contribution < 1.29 is 4.79 Å². The van der Waals surface area contributed by atoms with E-state index in [0.29, 0.717) is 11.8 Å². The molecule has 1 saturated carbocycles. The van der Waals surface area contributed by atoms with Gasteiger partial charge in [-0.3, -0.25) is 4.79 Å². The van der Waals surface area contributed by atoms with Gasteiger partial charge in [-0.2, -0.15) is 0 Å². The summed E-state index contributed by atoms with van der Waals surface area (Å²) in [6.45, 7) is 5.65. The first kappa shape index (κ1) is 18.1. The van der Waals surface area contributed by atoms with E-state index in [0.717, 1.165) is 67.5 Å². The van der Waals surface area contributed by atoms with Gasteiger partial charge in [0.1, 0.15) is 11.5 Å². The average Bonchev–Trinajstić information content (AvgIpc) is 3.14. The highest BCUT2D eigenvalue weighted by molar-refractivity contribution is 5.79. The first-order chi connectivity index (χ1) is 13.1. The van der Waals surface area contributed by atoms with Gasteiger partial charge in [-0.05, 0) is 45.6 Å². The predicted octanol–water partition coefficient (Wildman–Crippen LogP) is 3.77. The molecule has 4 rings (SSSR count). The molecule has 2 aromatic rings. The summed E-state index contributed by atoms with van der Waals surface area (Å²) in [5.41, 5.74) is 2.84. The zero-order valence-corrected chi connectivity index (χ0v) is 16.4. The molecule has 27 heavy (non-hydrogen) atoms. The van der Waals surface area contributed by atoms with Crippen molar-refractivity contribution in [1.82, 2.24) is 24.8 Å². The SMILES string of the molecule is Cc1cc(-c2ncc(C)[nH]2)nc(C2CCN(C(=O)C3CCCCC3)CC2)n1. The fraction of sp³-hybridized carbons (Fsp3) is 0.619. The van der Waals surface area contributed by atoms with Crippen LogP contribution < -0.4 is 0 Å². The third-order valence-electron chi connectivity index (χ3n) is 5.94. The number of nitrogens with zero attached hydrogens (tertiary/aromatic N) is 4. The maximum atomic E-state index is 12.8. The van der Waals surface area contributed by atoms with Crippen LogP contribution in [0.1, 0.15) is 68.1 Å². The van der Waals surface area contributed by atoms with Gasteiger partial charge in [0, 0.05) is 42.5 Å². The topological polar surface area (TPSA) is 74.8 Å². The highest BCUT2D eigenvalue weighted by Gasteiger charge is 2.30. The van der Waals surface area contributed by atoms with Crippen molar-refractivity contribution in [1.29, 1.82) is 0 Å². The maximum absolute atomic E-state index is 12.8. The molecule has 6 heteroatoms. The number of hydrogen-bond donors (Lipinski definition) is 1. The molecule has 2 fully saturated rings. The number of likely N-dealkylation sites (tertiary alicyclic amines) is 1. The number of nitrogens with one attached hydrogen (secondary N) is 1. The lowest BCUT2D eigenvalue weighted by atomic mass is 9.87. The van der Waals surface area contributed by atoms with Crippen LogP contribution in [0.2, 0.25) is 0 Å². The van der Waals surface area contributed by atoms with Gasteiger partial charge in [-0.25, -0.2) is 15.0 Å². The summed E-state index contributed by atoms with van der Waals surface area (Å²) < 4.78 is 0. The summed E-state index contributed by atoms with van der Waals surface area (Å²) in [6, 6.07) is 1.98. The lowest BCUT2D eigenvalue weighted by Gasteiger charge is -2.34. The number of H-pyrrole nitrogens is 1. The van der Waals surface area contributed by atoms with Crippen LogP contribution in [-0.2, 0) is 4.79 Å². The Kier molecular flexibility index (Phi) is 5.23. The van der Waals surface area contributed by atoms with Crippen LogP contribution in [0.25, 0.3) is 11.5 Å². The number of carbonyl (C=O) groups is 1. The highest BCUT2D eigenvalue weighted by Crippen LogP contribution is 2.30. The molecule has 1 amide bonds. The number of aromatic amines is 1. The van der Waals surface area contributed by atoms with E-state index in [-0.39, 0.29) is 5.92 Å². The van der Waals surface area contributed by atoms with Crippen molar-refractivity contribution in [3.63, 3.8) is 0 Å². The molecule has 1 aliphatic heterocycles. The average molecular weight is 367 g/mol. The lowest BCUT2D eigenvalue weighted by molar-refractivity contribution is -0.137. The summed E-state index contributed by atoms with van der Waals surface area (Å²) in [5, 5.41) is 0. The molecule has 0 aromatic carbocycles. The molecule has 0 bridgehead atoms. The molecule has 1 N–H and O–H groups in total. The van der Waals surface area contributed by atoms with Crippen LogP contribution in [0.4, 0.5) is 0 Å². The Morgan fingerprint density at radius 2 is 1.81 bits per heavy atom. The summed E-state index contributed by atoms with van der Waals surface area (Å²) >= 11 is 0. The van der Waals surface area contributed by atoms with E-state index >= 15 is 0 Å². The standard InChI is InChI=1S/C21H29N5O/c1-14-12-18(20-22-13-15(2)24-20)25-19(23-14)16-8-10-26(11-9-16)21(27)17-6-4-3-5-7-17/h12-13,16-17H,3-11H2,1-2H3,(H,22,24). The van der Waals surface area contributed by atoms with E-state index in [2.05, 4.69) is 14.9 Å². The van der Waals surface area contributed by atoms with Crippen molar-refractivity contribution in [2.45, 2.75) is 64.7 Å². The van der Waals surface area contributed by atoms with E-state index in [4.69, 9.17) is 9.97 Å². The van der Waals surface area contributed by atoms with Crippen LogP contribution in [0.5, 0.6) is 0 Å². The van der Waals surface area contributed by atoms with Gasteiger partial charge in [-0.1, -0.05) is 19.3 Å². The van der Waals surface area contributed by atoms with Crippen LogP contribution in [-0.4, -0.2) is 43.8 Å². The number of aromatic nitrogens is 4. The smallest absolute Gasteiger partial charge is 0.225 e. The Hall–Kier alpha value is -2.24. The van der Waals surface area contributed by atoms with Gasteiger partial charge in [0.05, 0.1) is 0 Å². The second kappa shape index (κ2) is 7.79. The first-order valence-electron chi connectivity index (χ1n) is 10.3. The largest absolute Gasteiger partial charge is 0.342 e. The Labute approximate surface area is 160 Å².